The summed E-state index contributed by atoms with van der Waals surface area (Å²) in [4.78, 5) is 14.7. The second-order valence-electron chi connectivity index (χ2n) is 3.70. The molecule has 0 fully saturated rings. The van der Waals surface area contributed by atoms with Gasteiger partial charge in [0.2, 0.25) is 0 Å². The first kappa shape index (κ1) is 12.9. The number of hydrogen-bond acceptors (Lipinski definition) is 4. The van der Waals surface area contributed by atoms with Crippen LogP contribution in [0.1, 0.15) is 20.8 Å². The van der Waals surface area contributed by atoms with Crippen molar-refractivity contribution in [2.75, 3.05) is 0 Å². The minimum atomic E-state index is -1.10. The van der Waals surface area contributed by atoms with Gasteiger partial charge in [-0.05, 0) is 31.0 Å². The number of benzene rings is 1. The van der Waals surface area contributed by atoms with E-state index in [1.807, 2.05) is 26.0 Å². The first-order valence-electron chi connectivity index (χ1n) is 5.12. The first-order valence-corrected chi connectivity index (χ1v) is 6.32. The maximum absolute atomic E-state index is 10.8. The van der Waals surface area contributed by atoms with Crippen LogP contribution in [0, 0.1) is 13.8 Å². The van der Waals surface area contributed by atoms with Crippen molar-refractivity contribution in [1.29, 1.82) is 0 Å². The van der Waals surface area contributed by atoms with Crippen LogP contribution in [-0.2, 0) is 0 Å². The van der Waals surface area contributed by atoms with E-state index >= 15 is 0 Å². The fourth-order valence-electron chi connectivity index (χ4n) is 1.39. The van der Waals surface area contributed by atoms with E-state index < -0.39 is 5.97 Å². The number of carboxylic acid groups (broad SMARTS) is 1. The van der Waals surface area contributed by atoms with Gasteiger partial charge in [-0.25, -0.2) is 4.79 Å². The number of aromatic nitrogens is 1. The maximum Gasteiger partial charge on any atom is 0.349 e. The van der Waals surface area contributed by atoms with E-state index in [1.165, 1.54) is 0 Å². The van der Waals surface area contributed by atoms with E-state index in [0.717, 1.165) is 22.5 Å². The maximum atomic E-state index is 10.8. The molecule has 1 N–H and O–H groups in total. The average molecular weight is 284 g/mol. The zero-order valence-corrected chi connectivity index (χ0v) is 11.3. The standard InChI is InChI=1S/C12H10ClNO3S/c1-6-4-3-5-8(7(6)2)17-12-14-10(13)9(18-12)11(15)16/h3-5H,1-2H3,(H,15,16). The monoisotopic (exact) mass is 283 g/mol. The summed E-state index contributed by atoms with van der Waals surface area (Å²) in [5, 5.41) is 9.05. The molecule has 0 amide bonds. The molecule has 94 valence electrons. The van der Waals surface area contributed by atoms with Crippen LogP contribution in [0.2, 0.25) is 5.15 Å². The molecular weight excluding hydrogens is 274 g/mol. The van der Waals surface area contributed by atoms with Crippen molar-refractivity contribution in [3.05, 3.63) is 39.4 Å². The summed E-state index contributed by atoms with van der Waals surface area (Å²) in [6.07, 6.45) is 0. The molecule has 0 bridgehead atoms. The Morgan fingerprint density at radius 1 is 1.44 bits per heavy atom. The molecule has 2 aromatic rings. The van der Waals surface area contributed by atoms with Gasteiger partial charge < -0.3 is 9.84 Å². The van der Waals surface area contributed by atoms with Gasteiger partial charge in [0.1, 0.15) is 5.75 Å². The molecule has 4 nitrogen and oxygen atoms in total. The number of aryl methyl sites for hydroxylation is 1. The predicted molar refractivity (Wildman–Crippen MR) is 70.1 cm³/mol. The van der Waals surface area contributed by atoms with E-state index in [0.29, 0.717) is 5.75 Å². The zero-order chi connectivity index (χ0) is 13.3. The molecule has 0 aliphatic heterocycles. The van der Waals surface area contributed by atoms with Crippen molar-refractivity contribution in [2.24, 2.45) is 0 Å². The quantitative estimate of drug-likeness (QED) is 0.928. The van der Waals surface area contributed by atoms with Gasteiger partial charge in [-0.3, -0.25) is 0 Å². The Morgan fingerprint density at radius 2 is 2.17 bits per heavy atom. The lowest BCUT2D eigenvalue weighted by atomic mass is 10.1. The molecule has 1 heterocycles. The number of halogens is 1. The largest absolute Gasteiger partial charge is 0.477 e. The average Bonchev–Trinajstić information content (AvgIpc) is 2.66. The van der Waals surface area contributed by atoms with Gasteiger partial charge in [0.15, 0.2) is 10.0 Å². The van der Waals surface area contributed by atoms with E-state index in [4.69, 9.17) is 21.4 Å². The zero-order valence-electron chi connectivity index (χ0n) is 9.73. The summed E-state index contributed by atoms with van der Waals surface area (Å²) in [6, 6.07) is 5.64. The molecule has 0 spiro atoms. The summed E-state index contributed by atoms with van der Waals surface area (Å²) in [5.41, 5.74) is 2.08. The highest BCUT2D eigenvalue weighted by molar-refractivity contribution is 7.15. The third kappa shape index (κ3) is 2.47. The van der Waals surface area contributed by atoms with Crippen LogP contribution in [0.4, 0.5) is 0 Å². The lowest BCUT2D eigenvalue weighted by molar-refractivity contribution is 0.0702. The topological polar surface area (TPSA) is 59.4 Å². The minimum Gasteiger partial charge on any atom is -0.477 e. The summed E-state index contributed by atoms with van der Waals surface area (Å²) in [6.45, 7) is 3.90. The highest BCUT2D eigenvalue weighted by Crippen LogP contribution is 2.33. The number of nitrogens with zero attached hydrogens (tertiary/aromatic N) is 1. The fourth-order valence-corrected chi connectivity index (χ4v) is 2.37. The Balaban J connectivity index is 2.32. The molecule has 0 saturated carbocycles. The third-order valence-corrected chi connectivity index (χ3v) is 3.82. The van der Waals surface area contributed by atoms with E-state index in [1.54, 1.807) is 6.07 Å². The lowest BCUT2D eigenvalue weighted by Crippen LogP contribution is -1.91. The molecule has 0 atom stereocenters. The lowest BCUT2D eigenvalue weighted by Gasteiger charge is -2.07. The van der Waals surface area contributed by atoms with Crippen LogP contribution in [0.25, 0.3) is 0 Å². The third-order valence-electron chi connectivity index (χ3n) is 2.51. The Kier molecular flexibility index (Phi) is 3.54. The molecule has 1 aromatic heterocycles. The molecule has 0 radical (unpaired) electrons. The number of hydrogen-bond donors (Lipinski definition) is 1. The number of thiazole rings is 1. The number of rotatable bonds is 3. The number of carbonyl (C=O) groups is 1. The molecular formula is C12H10ClNO3S. The smallest absolute Gasteiger partial charge is 0.349 e. The highest BCUT2D eigenvalue weighted by Gasteiger charge is 2.17. The van der Waals surface area contributed by atoms with Gasteiger partial charge >= 0.3 is 5.97 Å². The van der Waals surface area contributed by atoms with Gasteiger partial charge in [0.25, 0.3) is 5.19 Å². The van der Waals surface area contributed by atoms with E-state index in [2.05, 4.69) is 4.98 Å². The summed E-state index contributed by atoms with van der Waals surface area (Å²) in [5.74, 6) is -0.453. The molecule has 18 heavy (non-hydrogen) atoms. The number of ether oxygens (including phenoxy) is 1. The van der Waals surface area contributed by atoms with E-state index in [9.17, 15) is 4.79 Å². The van der Waals surface area contributed by atoms with Crippen molar-refractivity contribution in [2.45, 2.75) is 13.8 Å². The van der Waals surface area contributed by atoms with Crippen LogP contribution >= 0.6 is 22.9 Å². The van der Waals surface area contributed by atoms with Crippen LogP contribution in [0.5, 0.6) is 10.9 Å². The second kappa shape index (κ2) is 4.96. The summed E-state index contributed by atoms with van der Waals surface area (Å²) in [7, 11) is 0. The molecule has 0 saturated heterocycles. The summed E-state index contributed by atoms with van der Waals surface area (Å²) < 4.78 is 5.56. The Morgan fingerprint density at radius 3 is 2.78 bits per heavy atom. The Bertz CT molecular complexity index is 609. The second-order valence-corrected chi connectivity index (χ2v) is 5.02. The minimum absolute atomic E-state index is 0.0167. The van der Waals surface area contributed by atoms with Crippen molar-refractivity contribution in [1.82, 2.24) is 4.98 Å². The van der Waals surface area contributed by atoms with Gasteiger partial charge in [0.05, 0.1) is 0 Å². The van der Waals surface area contributed by atoms with Crippen molar-refractivity contribution in [3.63, 3.8) is 0 Å². The predicted octanol–water partition coefficient (Wildman–Crippen LogP) is 3.90. The molecule has 0 unspecified atom stereocenters. The molecule has 6 heteroatoms. The van der Waals surface area contributed by atoms with Crippen molar-refractivity contribution >= 4 is 28.9 Å². The van der Waals surface area contributed by atoms with Crippen LogP contribution in [-0.4, -0.2) is 16.1 Å². The van der Waals surface area contributed by atoms with Crippen LogP contribution in [0.15, 0.2) is 18.2 Å². The van der Waals surface area contributed by atoms with Crippen LogP contribution < -0.4 is 4.74 Å². The normalized spacial score (nSPS) is 10.4. The van der Waals surface area contributed by atoms with Crippen molar-refractivity contribution < 1.29 is 14.6 Å². The van der Waals surface area contributed by atoms with Gasteiger partial charge in [-0.2, -0.15) is 4.98 Å². The fraction of sp³-hybridized carbons (Fsp3) is 0.167. The Hall–Kier alpha value is -1.59. The Labute approximate surface area is 113 Å². The molecule has 2 rings (SSSR count). The van der Waals surface area contributed by atoms with E-state index in [-0.39, 0.29) is 15.2 Å². The highest BCUT2D eigenvalue weighted by atomic mass is 35.5. The van der Waals surface area contributed by atoms with Crippen LogP contribution in [0.3, 0.4) is 0 Å². The first-order chi connectivity index (χ1) is 8.49. The molecule has 0 aliphatic carbocycles. The van der Waals surface area contributed by atoms with Gasteiger partial charge in [-0.15, -0.1) is 0 Å². The summed E-state index contributed by atoms with van der Waals surface area (Å²) >= 11 is 6.63. The van der Waals surface area contributed by atoms with Crippen molar-refractivity contribution in [3.8, 4) is 10.9 Å². The number of aromatic carboxylic acids is 1. The van der Waals surface area contributed by atoms with Gasteiger partial charge in [-0.1, -0.05) is 35.1 Å². The van der Waals surface area contributed by atoms with Gasteiger partial charge in [0, 0.05) is 0 Å². The molecule has 1 aromatic carbocycles. The number of carboxylic acids is 1. The molecule has 0 aliphatic rings. The SMILES string of the molecule is Cc1cccc(Oc2nc(Cl)c(C(=O)O)s2)c1C.